The predicted octanol–water partition coefficient (Wildman–Crippen LogP) is 2.81. The molecule has 1 aliphatic heterocycles. The van der Waals surface area contributed by atoms with Gasteiger partial charge >= 0.3 is 5.97 Å². The first-order valence-electron chi connectivity index (χ1n) is 10.9. The number of nitrogens with zero attached hydrogens (tertiary/aromatic N) is 1. The number of benzene rings is 2. The zero-order valence-electron chi connectivity index (χ0n) is 19.1. The van der Waals surface area contributed by atoms with Crippen molar-refractivity contribution in [3.63, 3.8) is 0 Å². The zero-order chi connectivity index (χ0) is 24.2. The molecule has 2 aromatic rings. The third-order valence-corrected chi connectivity index (χ3v) is 7.86. The molecule has 1 unspecified atom stereocenters. The summed E-state index contributed by atoms with van der Waals surface area (Å²) in [4.78, 5) is 24.9. The number of rotatable bonds is 8. The Labute approximate surface area is 194 Å². The number of halogens is 1. The fourth-order valence-corrected chi connectivity index (χ4v) is 6.30. The molecule has 0 aliphatic carbocycles. The SMILES string of the molecule is Cc1cc(C)c(S(=O)(=O)N2CCCC2C(=O)OCC(=O)NCCc2ccc(F)cc2)c(C)c1. The molecule has 1 fully saturated rings. The molecule has 0 radical (unpaired) electrons. The van der Waals surface area contributed by atoms with Crippen molar-refractivity contribution in [2.75, 3.05) is 19.7 Å². The number of carbonyl (C=O) groups is 2. The molecule has 0 bridgehead atoms. The molecule has 178 valence electrons. The van der Waals surface area contributed by atoms with E-state index in [1.54, 1.807) is 38.1 Å². The maximum Gasteiger partial charge on any atom is 0.324 e. The summed E-state index contributed by atoms with van der Waals surface area (Å²) in [5, 5.41) is 2.64. The molecule has 9 heteroatoms. The normalized spacial score (nSPS) is 16.5. The Kier molecular flexibility index (Phi) is 7.86. The quantitative estimate of drug-likeness (QED) is 0.592. The minimum Gasteiger partial charge on any atom is -0.454 e. The first kappa shape index (κ1) is 24.9. The van der Waals surface area contributed by atoms with Gasteiger partial charge in [0, 0.05) is 13.1 Å². The van der Waals surface area contributed by atoms with Gasteiger partial charge in [0.1, 0.15) is 11.9 Å². The second-order valence-corrected chi connectivity index (χ2v) is 10.2. The second kappa shape index (κ2) is 10.4. The molecular formula is C24H29FN2O5S. The summed E-state index contributed by atoms with van der Waals surface area (Å²) in [7, 11) is -3.89. The van der Waals surface area contributed by atoms with Crippen LogP contribution in [0.1, 0.15) is 35.1 Å². The van der Waals surface area contributed by atoms with Crippen LogP contribution in [0.4, 0.5) is 4.39 Å². The van der Waals surface area contributed by atoms with E-state index in [4.69, 9.17) is 4.74 Å². The van der Waals surface area contributed by atoms with Gasteiger partial charge in [0.25, 0.3) is 5.91 Å². The van der Waals surface area contributed by atoms with Crippen molar-refractivity contribution in [1.82, 2.24) is 9.62 Å². The monoisotopic (exact) mass is 476 g/mol. The summed E-state index contributed by atoms with van der Waals surface area (Å²) in [6.45, 7) is 5.42. The molecule has 2 aromatic carbocycles. The van der Waals surface area contributed by atoms with Gasteiger partial charge in [0.15, 0.2) is 6.61 Å². The Balaban J connectivity index is 1.57. The predicted molar refractivity (Wildman–Crippen MR) is 122 cm³/mol. The number of nitrogens with one attached hydrogen (secondary N) is 1. The van der Waals surface area contributed by atoms with E-state index in [0.717, 1.165) is 11.1 Å². The van der Waals surface area contributed by atoms with Gasteiger partial charge in [-0.05, 0) is 68.9 Å². The number of sulfonamides is 1. The van der Waals surface area contributed by atoms with Crippen molar-refractivity contribution in [3.8, 4) is 0 Å². The number of aryl methyl sites for hydroxylation is 3. The third kappa shape index (κ3) is 5.97. The molecule has 1 atom stereocenters. The van der Waals surface area contributed by atoms with Gasteiger partial charge in [-0.3, -0.25) is 9.59 Å². The molecule has 7 nitrogen and oxygen atoms in total. The van der Waals surface area contributed by atoms with Gasteiger partial charge in [-0.2, -0.15) is 4.31 Å². The Morgan fingerprint density at radius 2 is 1.76 bits per heavy atom. The Bertz CT molecular complexity index is 1110. The number of hydrogen-bond acceptors (Lipinski definition) is 5. The Morgan fingerprint density at radius 1 is 1.12 bits per heavy atom. The van der Waals surface area contributed by atoms with E-state index in [-0.39, 0.29) is 17.3 Å². The fourth-order valence-electron chi connectivity index (χ4n) is 4.24. The molecule has 0 spiro atoms. The van der Waals surface area contributed by atoms with Crippen LogP contribution in [-0.4, -0.2) is 50.3 Å². The van der Waals surface area contributed by atoms with Gasteiger partial charge in [0.05, 0.1) is 4.90 Å². The molecule has 0 saturated carbocycles. The van der Waals surface area contributed by atoms with E-state index in [2.05, 4.69) is 5.32 Å². The highest BCUT2D eigenvalue weighted by Gasteiger charge is 2.41. The highest BCUT2D eigenvalue weighted by atomic mass is 32.2. The van der Waals surface area contributed by atoms with E-state index in [9.17, 15) is 22.4 Å². The van der Waals surface area contributed by atoms with E-state index in [0.29, 0.717) is 36.9 Å². The number of amides is 1. The zero-order valence-corrected chi connectivity index (χ0v) is 19.9. The summed E-state index contributed by atoms with van der Waals surface area (Å²) >= 11 is 0. The molecular weight excluding hydrogens is 447 g/mol. The van der Waals surface area contributed by atoms with Crippen LogP contribution < -0.4 is 5.32 Å². The summed E-state index contributed by atoms with van der Waals surface area (Å²) < 4.78 is 46.0. The molecule has 1 amide bonds. The van der Waals surface area contributed by atoms with Gasteiger partial charge in [-0.15, -0.1) is 0 Å². The largest absolute Gasteiger partial charge is 0.454 e. The van der Waals surface area contributed by atoms with Crippen LogP contribution in [0.15, 0.2) is 41.3 Å². The number of carbonyl (C=O) groups excluding carboxylic acids is 2. The van der Waals surface area contributed by atoms with Crippen molar-refractivity contribution in [1.29, 1.82) is 0 Å². The average Bonchev–Trinajstić information content (AvgIpc) is 3.23. The molecule has 33 heavy (non-hydrogen) atoms. The molecule has 1 aliphatic rings. The lowest BCUT2D eigenvalue weighted by Gasteiger charge is -2.24. The van der Waals surface area contributed by atoms with Crippen LogP contribution in [0.5, 0.6) is 0 Å². The van der Waals surface area contributed by atoms with Crippen LogP contribution in [0.25, 0.3) is 0 Å². The van der Waals surface area contributed by atoms with Crippen molar-refractivity contribution < 1.29 is 27.1 Å². The first-order valence-corrected chi connectivity index (χ1v) is 12.3. The fraction of sp³-hybridized carbons (Fsp3) is 0.417. The van der Waals surface area contributed by atoms with Gasteiger partial charge in [0.2, 0.25) is 10.0 Å². The standard InChI is InChI=1S/C24H29FN2O5S/c1-16-13-17(2)23(18(3)14-16)33(30,31)27-12-4-5-21(27)24(29)32-15-22(28)26-11-10-19-6-8-20(25)9-7-19/h6-9,13-14,21H,4-5,10-12,15H2,1-3H3,(H,26,28). The molecule has 1 heterocycles. The lowest BCUT2D eigenvalue weighted by molar-refractivity contribution is -0.151. The third-order valence-electron chi connectivity index (χ3n) is 5.64. The van der Waals surface area contributed by atoms with Crippen molar-refractivity contribution >= 4 is 21.9 Å². The smallest absolute Gasteiger partial charge is 0.324 e. The van der Waals surface area contributed by atoms with Crippen molar-refractivity contribution in [2.24, 2.45) is 0 Å². The molecule has 3 rings (SSSR count). The molecule has 1 saturated heterocycles. The van der Waals surface area contributed by atoms with Crippen molar-refractivity contribution in [2.45, 2.75) is 51.0 Å². The maximum absolute atomic E-state index is 13.4. The Morgan fingerprint density at radius 3 is 2.39 bits per heavy atom. The van der Waals surface area contributed by atoms with E-state index in [1.165, 1.54) is 16.4 Å². The summed E-state index contributed by atoms with van der Waals surface area (Å²) in [5.74, 6) is -1.54. The lowest BCUT2D eigenvalue weighted by atomic mass is 10.1. The molecule has 1 N–H and O–H groups in total. The van der Waals surface area contributed by atoms with Crippen LogP contribution >= 0.6 is 0 Å². The van der Waals surface area contributed by atoms with Crippen molar-refractivity contribution in [3.05, 3.63) is 64.5 Å². The van der Waals surface area contributed by atoms with E-state index < -0.39 is 34.5 Å². The van der Waals surface area contributed by atoms with Crippen LogP contribution in [0.3, 0.4) is 0 Å². The van der Waals surface area contributed by atoms with Gasteiger partial charge < -0.3 is 10.1 Å². The molecule has 0 aromatic heterocycles. The minimum absolute atomic E-state index is 0.214. The highest BCUT2D eigenvalue weighted by molar-refractivity contribution is 7.89. The topological polar surface area (TPSA) is 92.8 Å². The second-order valence-electron chi connectivity index (χ2n) is 8.34. The van der Waals surface area contributed by atoms with Gasteiger partial charge in [-0.25, -0.2) is 12.8 Å². The van der Waals surface area contributed by atoms with E-state index >= 15 is 0 Å². The summed E-state index contributed by atoms with van der Waals surface area (Å²) in [5.41, 5.74) is 3.09. The van der Waals surface area contributed by atoms with Crippen LogP contribution in [0.2, 0.25) is 0 Å². The van der Waals surface area contributed by atoms with Crippen LogP contribution in [-0.2, 0) is 30.8 Å². The minimum atomic E-state index is -3.89. The van der Waals surface area contributed by atoms with Crippen LogP contribution in [0, 0.1) is 26.6 Å². The average molecular weight is 477 g/mol. The first-order chi connectivity index (χ1) is 15.6. The summed E-state index contributed by atoms with van der Waals surface area (Å²) in [6, 6.07) is 8.61. The number of ether oxygens (including phenoxy) is 1. The maximum atomic E-state index is 13.4. The highest BCUT2D eigenvalue weighted by Crippen LogP contribution is 2.31. The lowest BCUT2D eigenvalue weighted by Crippen LogP contribution is -2.42. The summed E-state index contributed by atoms with van der Waals surface area (Å²) in [6.07, 6.45) is 1.38. The number of esters is 1. The van der Waals surface area contributed by atoms with E-state index in [1.807, 2.05) is 6.92 Å². The Hall–Kier alpha value is -2.78. The van der Waals surface area contributed by atoms with Gasteiger partial charge in [-0.1, -0.05) is 29.8 Å². The number of hydrogen-bond donors (Lipinski definition) is 1.